The zero-order valence-corrected chi connectivity index (χ0v) is 17.5. The number of rotatable bonds is 5. The van der Waals surface area contributed by atoms with E-state index in [0.717, 1.165) is 5.56 Å². The number of ether oxygens (including phenoxy) is 1. The van der Waals surface area contributed by atoms with E-state index in [1.54, 1.807) is 18.2 Å². The summed E-state index contributed by atoms with van der Waals surface area (Å²) in [6.07, 6.45) is 0.0950. The van der Waals surface area contributed by atoms with Crippen LogP contribution < -0.4 is 15.6 Å². The fourth-order valence-corrected chi connectivity index (χ4v) is 4.52. The van der Waals surface area contributed by atoms with Crippen LogP contribution in [0.3, 0.4) is 0 Å². The number of hydrogen-bond acceptors (Lipinski definition) is 6. The van der Waals surface area contributed by atoms with E-state index < -0.39 is 5.92 Å². The summed E-state index contributed by atoms with van der Waals surface area (Å²) in [6, 6.07) is 12.2. The average molecular weight is 444 g/mol. The zero-order chi connectivity index (χ0) is 21.3. The van der Waals surface area contributed by atoms with Crippen molar-refractivity contribution in [2.45, 2.75) is 23.2 Å². The third-order valence-electron chi connectivity index (χ3n) is 4.86. The van der Waals surface area contributed by atoms with E-state index in [1.165, 1.54) is 24.9 Å². The second kappa shape index (κ2) is 8.41. The van der Waals surface area contributed by atoms with E-state index >= 15 is 0 Å². The van der Waals surface area contributed by atoms with E-state index in [0.29, 0.717) is 27.1 Å². The first kappa shape index (κ1) is 20.3. The van der Waals surface area contributed by atoms with Crippen molar-refractivity contribution in [2.24, 2.45) is 0 Å². The van der Waals surface area contributed by atoms with Gasteiger partial charge in [-0.25, -0.2) is 4.98 Å². The number of carbonyl (C=O) groups is 1. The first-order valence-electron chi connectivity index (χ1n) is 9.13. The summed E-state index contributed by atoms with van der Waals surface area (Å²) >= 11 is 7.51. The Hall–Kier alpha value is -2.97. The molecule has 0 saturated heterocycles. The average Bonchev–Trinajstić information content (AvgIpc) is 2.72. The lowest BCUT2D eigenvalue weighted by molar-refractivity contribution is -0.116. The third kappa shape index (κ3) is 4.01. The molecule has 1 amide bonds. The number of aromatic hydroxyl groups is 1. The summed E-state index contributed by atoms with van der Waals surface area (Å²) in [6.45, 7) is 0. The number of phenols is 1. The second-order valence-electron chi connectivity index (χ2n) is 6.75. The first-order chi connectivity index (χ1) is 14.5. The molecule has 1 aliphatic heterocycles. The van der Waals surface area contributed by atoms with Crippen molar-refractivity contribution in [2.75, 3.05) is 12.4 Å². The number of phenolic OH excluding ortho intramolecular Hbond substituents is 1. The van der Waals surface area contributed by atoms with Crippen LogP contribution >= 0.6 is 23.4 Å². The van der Waals surface area contributed by atoms with Crippen molar-refractivity contribution in [3.8, 4) is 11.5 Å². The van der Waals surface area contributed by atoms with Crippen LogP contribution in [0.4, 0.5) is 5.82 Å². The van der Waals surface area contributed by atoms with Crippen molar-refractivity contribution in [3.05, 3.63) is 74.5 Å². The number of aromatic amines is 1. The predicted molar refractivity (Wildman–Crippen MR) is 116 cm³/mol. The number of hydrogen-bond donors (Lipinski definition) is 3. The molecule has 0 unspecified atom stereocenters. The second-order valence-corrected chi connectivity index (χ2v) is 8.12. The van der Waals surface area contributed by atoms with Crippen LogP contribution in [0, 0.1) is 0 Å². The normalized spacial score (nSPS) is 15.4. The summed E-state index contributed by atoms with van der Waals surface area (Å²) in [5.41, 5.74) is 1.66. The van der Waals surface area contributed by atoms with Crippen LogP contribution in [0.2, 0.25) is 5.02 Å². The Kier molecular flexibility index (Phi) is 5.69. The number of halogens is 1. The molecular formula is C21H18ClN3O4S. The minimum absolute atomic E-state index is 0.0138. The number of nitrogens with zero attached hydrogens (tertiary/aromatic N) is 1. The number of fused-ring (bicyclic) bond motifs is 1. The van der Waals surface area contributed by atoms with Crippen molar-refractivity contribution >= 4 is 35.1 Å². The highest BCUT2D eigenvalue weighted by Crippen LogP contribution is 2.38. The summed E-state index contributed by atoms with van der Waals surface area (Å²) < 4.78 is 5.16. The molecule has 2 aromatic carbocycles. The highest BCUT2D eigenvalue weighted by molar-refractivity contribution is 7.98. The monoisotopic (exact) mass is 443 g/mol. The molecule has 154 valence electrons. The van der Waals surface area contributed by atoms with Gasteiger partial charge in [0.15, 0.2) is 16.7 Å². The summed E-state index contributed by atoms with van der Waals surface area (Å²) in [7, 11) is 1.44. The van der Waals surface area contributed by atoms with Gasteiger partial charge >= 0.3 is 0 Å². The number of amides is 1. The van der Waals surface area contributed by atoms with E-state index in [-0.39, 0.29) is 35.2 Å². The minimum Gasteiger partial charge on any atom is -0.504 e. The van der Waals surface area contributed by atoms with Gasteiger partial charge in [-0.15, -0.1) is 0 Å². The molecule has 4 rings (SSSR count). The zero-order valence-electron chi connectivity index (χ0n) is 15.9. The predicted octanol–water partition coefficient (Wildman–Crippen LogP) is 3.90. The van der Waals surface area contributed by atoms with E-state index in [1.807, 2.05) is 18.2 Å². The molecule has 1 aromatic heterocycles. The largest absolute Gasteiger partial charge is 0.504 e. The van der Waals surface area contributed by atoms with Crippen molar-refractivity contribution in [3.63, 3.8) is 0 Å². The molecule has 2 heterocycles. The van der Waals surface area contributed by atoms with Crippen molar-refractivity contribution in [1.29, 1.82) is 0 Å². The van der Waals surface area contributed by atoms with Gasteiger partial charge in [-0.05, 0) is 29.3 Å². The Morgan fingerprint density at radius 3 is 2.83 bits per heavy atom. The number of carbonyl (C=O) groups excluding carboxylic acids is 1. The third-order valence-corrected chi connectivity index (χ3v) is 6.15. The Balaban J connectivity index is 1.68. The van der Waals surface area contributed by atoms with Gasteiger partial charge < -0.3 is 20.1 Å². The number of aromatic nitrogens is 2. The summed E-state index contributed by atoms with van der Waals surface area (Å²) in [5.74, 6) is 0.292. The molecule has 0 aliphatic carbocycles. The Morgan fingerprint density at radius 2 is 2.07 bits per heavy atom. The van der Waals surface area contributed by atoms with Crippen LogP contribution in [-0.4, -0.2) is 28.1 Å². The van der Waals surface area contributed by atoms with Crippen molar-refractivity contribution in [1.82, 2.24) is 9.97 Å². The fourth-order valence-electron chi connectivity index (χ4n) is 3.38. The first-order valence-corrected chi connectivity index (χ1v) is 10.5. The Labute approximate surface area is 181 Å². The smallest absolute Gasteiger partial charge is 0.257 e. The molecule has 0 spiro atoms. The molecule has 0 fully saturated rings. The summed E-state index contributed by atoms with van der Waals surface area (Å²) in [4.78, 5) is 32.5. The van der Waals surface area contributed by atoms with Gasteiger partial charge in [0.2, 0.25) is 5.91 Å². The van der Waals surface area contributed by atoms with Crippen LogP contribution in [0.25, 0.3) is 0 Å². The number of anilines is 1. The molecular weight excluding hydrogens is 426 g/mol. The van der Waals surface area contributed by atoms with E-state index in [9.17, 15) is 14.7 Å². The van der Waals surface area contributed by atoms with Crippen LogP contribution in [0.5, 0.6) is 11.5 Å². The number of benzene rings is 2. The SMILES string of the molecule is COc1cc([C@@H]2CC(=O)Nc3nc(SCc4ccccc4Cl)[nH]c(=O)c32)ccc1O. The quantitative estimate of drug-likeness (QED) is 0.408. The molecule has 3 N–H and O–H groups in total. The van der Waals surface area contributed by atoms with Gasteiger partial charge in [-0.2, -0.15) is 0 Å². The molecule has 0 radical (unpaired) electrons. The standard InChI is InChI=1S/C21H18ClN3O4S/c1-29-16-8-11(6-7-15(16)26)13-9-17(27)23-19-18(13)20(28)25-21(24-19)30-10-12-4-2-3-5-14(12)22/h2-8,13,26H,9-10H2,1H3,(H2,23,24,25,27,28)/t13-/m0/s1. The van der Waals surface area contributed by atoms with Gasteiger partial charge in [0.1, 0.15) is 5.82 Å². The van der Waals surface area contributed by atoms with Gasteiger partial charge in [0.05, 0.1) is 12.7 Å². The van der Waals surface area contributed by atoms with E-state index in [4.69, 9.17) is 16.3 Å². The summed E-state index contributed by atoms with van der Waals surface area (Å²) in [5, 5.41) is 13.6. The van der Waals surface area contributed by atoms with Gasteiger partial charge in [0, 0.05) is 23.1 Å². The number of thioether (sulfide) groups is 1. The van der Waals surface area contributed by atoms with Gasteiger partial charge in [-0.3, -0.25) is 9.59 Å². The van der Waals surface area contributed by atoms with Gasteiger partial charge in [-0.1, -0.05) is 47.6 Å². The number of nitrogens with one attached hydrogen (secondary N) is 2. The molecule has 0 bridgehead atoms. The lowest BCUT2D eigenvalue weighted by atomic mass is 9.86. The minimum atomic E-state index is -0.498. The molecule has 30 heavy (non-hydrogen) atoms. The van der Waals surface area contributed by atoms with Crippen LogP contribution in [0.15, 0.2) is 52.4 Å². The van der Waals surface area contributed by atoms with E-state index in [2.05, 4.69) is 15.3 Å². The highest BCUT2D eigenvalue weighted by atomic mass is 35.5. The van der Waals surface area contributed by atoms with Crippen LogP contribution in [-0.2, 0) is 10.5 Å². The molecule has 7 nitrogen and oxygen atoms in total. The molecule has 0 saturated carbocycles. The maximum absolute atomic E-state index is 12.9. The van der Waals surface area contributed by atoms with Gasteiger partial charge in [0.25, 0.3) is 5.56 Å². The topological polar surface area (TPSA) is 104 Å². The lowest BCUT2D eigenvalue weighted by Gasteiger charge is -2.25. The molecule has 3 aromatic rings. The lowest BCUT2D eigenvalue weighted by Crippen LogP contribution is -2.31. The maximum Gasteiger partial charge on any atom is 0.257 e. The molecule has 1 atom stereocenters. The van der Waals surface area contributed by atoms with Crippen LogP contribution in [0.1, 0.15) is 29.0 Å². The number of methoxy groups -OCH3 is 1. The Bertz CT molecular complexity index is 1180. The fraction of sp³-hybridized carbons (Fsp3) is 0.190. The highest BCUT2D eigenvalue weighted by Gasteiger charge is 2.31. The molecule has 9 heteroatoms. The molecule has 1 aliphatic rings. The maximum atomic E-state index is 12.9. The number of H-pyrrole nitrogens is 1. The Morgan fingerprint density at radius 1 is 1.27 bits per heavy atom. The van der Waals surface area contributed by atoms with Crippen molar-refractivity contribution < 1.29 is 14.6 Å².